The Balaban J connectivity index is 1.76. The molecule has 0 bridgehead atoms. The van der Waals surface area contributed by atoms with E-state index in [2.05, 4.69) is 12.2 Å². The molecule has 0 aromatic rings. The van der Waals surface area contributed by atoms with Gasteiger partial charge in [-0.3, -0.25) is 0 Å². The predicted octanol–water partition coefficient (Wildman–Crippen LogP) is 2.05. The van der Waals surface area contributed by atoms with Gasteiger partial charge in [0.15, 0.2) is 0 Å². The lowest BCUT2D eigenvalue weighted by Gasteiger charge is -2.35. The Morgan fingerprint density at radius 3 is 2.50 bits per heavy atom. The summed E-state index contributed by atoms with van der Waals surface area (Å²) in [7, 11) is 0. The van der Waals surface area contributed by atoms with Gasteiger partial charge in [0, 0.05) is 12.6 Å². The van der Waals surface area contributed by atoms with E-state index in [4.69, 9.17) is 10.5 Å². The molecule has 1 rings (SSSR count). The van der Waals surface area contributed by atoms with E-state index in [1.807, 2.05) is 0 Å². The zero-order valence-electron chi connectivity index (χ0n) is 10.7. The monoisotopic (exact) mass is 228 g/mol. The molecule has 1 fully saturated rings. The fraction of sp³-hybridized carbons (Fsp3) is 1.00. The van der Waals surface area contributed by atoms with Crippen molar-refractivity contribution < 1.29 is 4.74 Å². The van der Waals surface area contributed by atoms with Gasteiger partial charge in [0.1, 0.15) is 0 Å². The molecular formula is C13H28N2O. The van der Waals surface area contributed by atoms with Crippen molar-refractivity contribution in [2.24, 2.45) is 5.73 Å². The van der Waals surface area contributed by atoms with E-state index in [1.54, 1.807) is 0 Å². The highest BCUT2D eigenvalue weighted by Gasteiger charge is 2.28. The van der Waals surface area contributed by atoms with Crippen molar-refractivity contribution in [3.63, 3.8) is 0 Å². The molecule has 1 saturated carbocycles. The van der Waals surface area contributed by atoms with Gasteiger partial charge < -0.3 is 15.8 Å². The molecule has 1 aliphatic carbocycles. The second-order valence-electron chi connectivity index (χ2n) is 4.76. The van der Waals surface area contributed by atoms with Crippen molar-refractivity contribution in [1.82, 2.24) is 5.32 Å². The summed E-state index contributed by atoms with van der Waals surface area (Å²) in [5.74, 6) is 0. The summed E-state index contributed by atoms with van der Waals surface area (Å²) < 4.78 is 5.53. The van der Waals surface area contributed by atoms with Crippen molar-refractivity contribution in [3.8, 4) is 0 Å². The summed E-state index contributed by atoms with van der Waals surface area (Å²) >= 11 is 0. The summed E-state index contributed by atoms with van der Waals surface area (Å²) in [6.07, 6.45) is 9.42. The molecular weight excluding hydrogens is 200 g/mol. The molecule has 96 valence electrons. The molecule has 0 amide bonds. The molecule has 0 atom stereocenters. The molecule has 0 aromatic heterocycles. The topological polar surface area (TPSA) is 47.3 Å². The summed E-state index contributed by atoms with van der Waals surface area (Å²) in [5, 5.41) is 3.59. The molecule has 0 aromatic carbocycles. The van der Waals surface area contributed by atoms with Crippen LogP contribution in [0.1, 0.15) is 51.9 Å². The van der Waals surface area contributed by atoms with Crippen LogP contribution in [0.2, 0.25) is 0 Å². The van der Waals surface area contributed by atoms with Crippen LogP contribution in [-0.2, 0) is 4.74 Å². The number of rotatable bonds is 10. The van der Waals surface area contributed by atoms with E-state index >= 15 is 0 Å². The van der Waals surface area contributed by atoms with Crippen LogP contribution in [0.3, 0.4) is 0 Å². The first kappa shape index (κ1) is 13.9. The van der Waals surface area contributed by atoms with E-state index in [9.17, 15) is 0 Å². The van der Waals surface area contributed by atoms with Crippen LogP contribution >= 0.6 is 0 Å². The molecule has 0 aliphatic heterocycles. The average Bonchev–Trinajstić information content (AvgIpc) is 2.24. The third-order valence-electron chi connectivity index (χ3n) is 3.31. The van der Waals surface area contributed by atoms with Gasteiger partial charge in [0.25, 0.3) is 0 Å². The molecule has 3 nitrogen and oxygen atoms in total. The normalized spacial score (nSPS) is 24.4. The van der Waals surface area contributed by atoms with Crippen molar-refractivity contribution in [3.05, 3.63) is 0 Å². The second-order valence-corrected chi connectivity index (χ2v) is 4.76. The molecule has 3 heteroatoms. The Hall–Kier alpha value is -0.120. The molecule has 16 heavy (non-hydrogen) atoms. The second kappa shape index (κ2) is 8.97. The lowest BCUT2D eigenvalue weighted by Crippen LogP contribution is -2.45. The van der Waals surface area contributed by atoms with E-state index in [1.165, 1.54) is 51.5 Å². The minimum atomic E-state index is 0.534. The lowest BCUT2D eigenvalue weighted by molar-refractivity contribution is -0.00975. The van der Waals surface area contributed by atoms with Crippen LogP contribution < -0.4 is 11.1 Å². The van der Waals surface area contributed by atoms with E-state index in [0.717, 1.165) is 19.2 Å². The lowest BCUT2D eigenvalue weighted by atomic mass is 9.89. The minimum absolute atomic E-state index is 0.534. The first-order valence-corrected chi connectivity index (χ1v) is 6.91. The third kappa shape index (κ3) is 5.83. The van der Waals surface area contributed by atoms with Gasteiger partial charge in [0.05, 0.1) is 6.10 Å². The molecule has 0 unspecified atom stereocenters. The Labute approximate surface area is 100 Å². The summed E-state index contributed by atoms with van der Waals surface area (Å²) in [5.41, 5.74) is 5.45. The van der Waals surface area contributed by atoms with Crippen LogP contribution in [0, 0.1) is 0 Å². The number of nitrogens with one attached hydrogen (secondary N) is 1. The Kier molecular flexibility index (Phi) is 7.81. The number of ether oxygens (including phenoxy) is 1. The zero-order chi connectivity index (χ0) is 11.6. The maximum absolute atomic E-state index is 5.53. The molecule has 0 saturated heterocycles. The number of nitrogens with two attached hydrogens (primary N) is 1. The highest BCUT2D eigenvalue weighted by atomic mass is 16.5. The quantitative estimate of drug-likeness (QED) is 0.563. The standard InChI is InChI=1S/C13H28N2O/c1-2-16-13-10-12(11-13)15-9-7-5-3-4-6-8-14/h12-13,15H,2-11,14H2,1H3. The SMILES string of the molecule is CCOC1CC(NCCCCCCCN)C1. The molecule has 0 spiro atoms. The Bertz CT molecular complexity index is 158. The van der Waals surface area contributed by atoms with E-state index < -0.39 is 0 Å². The fourth-order valence-corrected chi connectivity index (χ4v) is 2.21. The molecule has 1 aliphatic rings. The number of unbranched alkanes of at least 4 members (excludes halogenated alkanes) is 4. The minimum Gasteiger partial charge on any atom is -0.378 e. The summed E-state index contributed by atoms with van der Waals surface area (Å²) in [6.45, 7) is 4.95. The maximum atomic E-state index is 5.53. The Morgan fingerprint density at radius 1 is 1.12 bits per heavy atom. The van der Waals surface area contributed by atoms with Crippen molar-refractivity contribution in [1.29, 1.82) is 0 Å². The fourth-order valence-electron chi connectivity index (χ4n) is 2.21. The predicted molar refractivity (Wildman–Crippen MR) is 68.6 cm³/mol. The van der Waals surface area contributed by atoms with Gasteiger partial charge in [0.2, 0.25) is 0 Å². The van der Waals surface area contributed by atoms with Gasteiger partial charge in [-0.1, -0.05) is 19.3 Å². The van der Waals surface area contributed by atoms with Crippen molar-refractivity contribution in [2.45, 2.75) is 64.0 Å². The number of hydrogen-bond donors (Lipinski definition) is 2. The third-order valence-corrected chi connectivity index (χ3v) is 3.31. The van der Waals surface area contributed by atoms with Crippen LogP contribution in [0.25, 0.3) is 0 Å². The van der Waals surface area contributed by atoms with Gasteiger partial charge in [-0.05, 0) is 45.7 Å². The summed E-state index contributed by atoms with van der Waals surface area (Å²) in [6, 6.07) is 0.723. The Morgan fingerprint density at radius 2 is 1.81 bits per heavy atom. The average molecular weight is 228 g/mol. The highest BCUT2D eigenvalue weighted by molar-refractivity contribution is 4.85. The molecule has 0 radical (unpaired) electrons. The first-order chi connectivity index (χ1) is 7.86. The van der Waals surface area contributed by atoms with Crippen LogP contribution in [0.5, 0.6) is 0 Å². The maximum Gasteiger partial charge on any atom is 0.0604 e. The van der Waals surface area contributed by atoms with E-state index in [0.29, 0.717) is 6.10 Å². The molecule has 0 heterocycles. The van der Waals surface area contributed by atoms with Gasteiger partial charge in [-0.25, -0.2) is 0 Å². The smallest absolute Gasteiger partial charge is 0.0604 e. The van der Waals surface area contributed by atoms with Gasteiger partial charge in [-0.2, -0.15) is 0 Å². The van der Waals surface area contributed by atoms with Gasteiger partial charge >= 0.3 is 0 Å². The van der Waals surface area contributed by atoms with Crippen molar-refractivity contribution >= 4 is 0 Å². The van der Waals surface area contributed by atoms with Crippen LogP contribution in [0.4, 0.5) is 0 Å². The highest BCUT2D eigenvalue weighted by Crippen LogP contribution is 2.23. The van der Waals surface area contributed by atoms with Crippen LogP contribution in [0.15, 0.2) is 0 Å². The van der Waals surface area contributed by atoms with Crippen LogP contribution in [-0.4, -0.2) is 31.8 Å². The molecule has 3 N–H and O–H groups in total. The first-order valence-electron chi connectivity index (χ1n) is 6.91. The summed E-state index contributed by atoms with van der Waals surface area (Å²) in [4.78, 5) is 0. The van der Waals surface area contributed by atoms with Gasteiger partial charge in [-0.15, -0.1) is 0 Å². The van der Waals surface area contributed by atoms with E-state index in [-0.39, 0.29) is 0 Å². The largest absolute Gasteiger partial charge is 0.378 e. The zero-order valence-corrected chi connectivity index (χ0v) is 10.7. The number of hydrogen-bond acceptors (Lipinski definition) is 3. The van der Waals surface area contributed by atoms with Crippen molar-refractivity contribution in [2.75, 3.05) is 19.7 Å².